The number of rotatable bonds is 5. The molecule has 2 aromatic rings. The summed E-state index contributed by atoms with van der Waals surface area (Å²) in [6.07, 6.45) is 6.16. The van der Waals surface area contributed by atoms with Gasteiger partial charge in [0.2, 0.25) is 5.91 Å². The van der Waals surface area contributed by atoms with E-state index in [1.165, 1.54) is 29.3 Å². The Morgan fingerprint density at radius 3 is 3.04 bits per heavy atom. The number of hydrogen-bond acceptors (Lipinski definition) is 5. The van der Waals surface area contributed by atoms with Crippen LogP contribution in [0.4, 0.5) is 5.13 Å². The molecule has 0 spiro atoms. The summed E-state index contributed by atoms with van der Waals surface area (Å²) < 4.78 is 0. The fraction of sp³-hybridized carbons (Fsp3) is 0.500. The van der Waals surface area contributed by atoms with E-state index < -0.39 is 0 Å². The number of hydrogen-bond donors (Lipinski definition) is 1. The maximum absolute atomic E-state index is 11.1. The molecule has 128 valence electrons. The van der Waals surface area contributed by atoms with Crippen LogP contribution in [0.25, 0.3) is 0 Å². The molecule has 1 aliphatic heterocycles. The molecule has 0 saturated carbocycles. The molecule has 0 radical (unpaired) electrons. The zero-order chi connectivity index (χ0) is 17.1. The molecular formula is C18H24N4OS. The fourth-order valence-electron chi connectivity index (χ4n) is 3.26. The van der Waals surface area contributed by atoms with E-state index in [1.807, 2.05) is 12.4 Å². The second-order valence-corrected chi connectivity index (χ2v) is 7.70. The summed E-state index contributed by atoms with van der Waals surface area (Å²) in [4.78, 5) is 23.4. The van der Waals surface area contributed by atoms with Crippen molar-refractivity contribution >= 4 is 22.4 Å². The highest BCUT2D eigenvalue weighted by atomic mass is 32.1. The van der Waals surface area contributed by atoms with Crippen molar-refractivity contribution in [3.8, 4) is 0 Å². The lowest BCUT2D eigenvalue weighted by Crippen LogP contribution is -2.20. The van der Waals surface area contributed by atoms with Crippen LogP contribution in [0.2, 0.25) is 0 Å². The number of carbonyl (C=O) groups excluding carboxylic acids is 1. The van der Waals surface area contributed by atoms with Gasteiger partial charge in [-0.2, -0.15) is 0 Å². The molecule has 5 nitrogen and oxygen atoms in total. The Bertz CT molecular complexity index is 728. The topological polar surface area (TPSA) is 58.1 Å². The average molecular weight is 344 g/mol. The Hall–Kier alpha value is -1.79. The lowest BCUT2D eigenvalue weighted by Gasteiger charge is -2.16. The average Bonchev–Trinajstić information content (AvgIpc) is 3.14. The molecule has 24 heavy (non-hydrogen) atoms. The van der Waals surface area contributed by atoms with Gasteiger partial charge < -0.3 is 5.32 Å². The van der Waals surface area contributed by atoms with E-state index in [4.69, 9.17) is 0 Å². The van der Waals surface area contributed by atoms with Crippen molar-refractivity contribution < 1.29 is 4.79 Å². The van der Waals surface area contributed by atoms with Crippen molar-refractivity contribution in [2.75, 3.05) is 18.4 Å². The van der Waals surface area contributed by atoms with Crippen molar-refractivity contribution in [1.82, 2.24) is 14.9 Å². The molecule has 6 heteroatoms. The predicted molar refractivity (Wildman–Crippen MR) is 97.2 cm³/mol. The minimum absolute atomic E-state index is 0.0693. The number of pyridine rings is 1. The molecule has 1 amide bonds. The first-order valence-electron chi connectivity index (χ1n) is 8.37. The van der Waals surface area contributed by atoms with Gasteiger partial charge in [-0.3, -0.25) is 14.7 Å². The first kappa shape index (κ1) is 17.0. The quantitative estimate of drug-likeness (QED) is 0.905. The summed E-state index contributed by atoms with van der Waals surface area (Å²) in [5.74, 6) is 0.633. The van der Waals surface area contributed by atoms with Gasteiger partial charge in [0.1, 0.15) is 0 Å². The van der Waals surface area contributed by atoms with E-state index in [0.717, 1.165) is 31.7 Å². The molecule has 0 bridgehead atoms. The number of aryl methyl sites for hydroxylation is 1. The summed E-state index contributed by atoms with van der Waals surface area (Å²) >= 11 is 1.56. The van der Waals surface area contributed by atoms with Gasteiger partial charge >= 0.3 is 0 Å². The highest BCUT2D eigenvalue weighted by Crippen LogP contribution is 2.26. The van der Waals surface area contributed by atoms with Crippen molar-refractivity contribution in [2.45, 2.75) is 40.2 Å². The van der Waals surface area contributed by atoms with E-state index in [0.29, 0.717) is 11.0 Å². The Labute approximate surface area is 147 Å². The highest BCUT2D eigenvalue weighted by Gasteiger charge is 2.24. The van der Waals surface area contributed by atoms with Crippen molar-refractivity contribution in [2.24, 2.45) is 5.92 Å². The molecule has 1 saturated heterocycles. The van der Waals surface area contributed by atoms with Gasteiger partial charge in [0, 0.05) is 43.0 Å². The van der Waals surface area contributed by atoms with E-state index in [1.54, 1.807) is 11.3 Å². The number of aromatic nitrogens is 2. The van der Waals surface area contributed by atoms with Gasteiger partial charge in [-0.1, -0.05) is 0 Å². The molecule has 0 aliphatic carbocycles. The Morgan fingerprint density at radius 1 is 1.42 bits per heavy atom. The third kappa shape index (κ3) is 4.19. The number of amides is 1. The largest absolute Gasteiger partial charge is 0.302 e. The molecule has 3 heterocycles. The molecule has 2 aromatic heterocycles. The van der Waals surface area contributed by atoms with Crippen LogP contribution < -0.4 is 5.32 Å². The second-order valence-electron chi connectivity index (χ2n) is 6.59. The van der Waals surface area contributed by atoms with Crippen LogP contribution in [0.15, 0.2) is 18.5 Å². The van der Waals surface area contributed by atoms with Crippen LogP contribution in [0.5, 0.6) is 0 Å². The molecule has 1 fully saturated rings. The number of carbonyl (C=O) groups is 1. The van der Waals surface area contributed by atoms with Gasteiger partial charge in [0.05, 0.1) is 0 Å². The number of anilines is 1. The van der Waals surface area contributed by atoms with E-state index >= 15 is 0 Å². The predicted octanol–water partition coefficient (Wildman–Crippen LogP) is 3.18. The Balaban J connectivity index is 1.54. The minimum Gasteiger partial charge on any atom is -0.302 e. The van der Waals surface area contributed by atoms with Gasteiger partial charge in [-0.15, -0.1) is 11.3 Å². The number of thiazole rings is 1. The van der Waals surface area contributed by atoms with Crippen LogP contribution in [0.1, 0.15) is 35.0 Å². The van der Waals surface area contributed by atoms with Crippen LogP contribution in [-0.4, -0.2) is 33.9 Å². The van der Waals surface area contributed by atoms with E-state index in [9.17, 15) is 4.79 Å². The molecule has 1 unspecified atom stereocenters. The number of nitrogens with zero attached hydrogens (tertiary/aromatic N) is 3. The fourth-order valence-corrected chi connectivity index (χ4v) is 4.16. The summed E-state index contributed by atoms with van der Waals surface area (Å²) in [5.41, 5.74) is 3.90. The zero-order valence-electron chi connectivity index (χ0n) is 14.5. The zero-order valence-corrected chi connectivity index (χ0v) is 15.3. The third-order valence-electron chi connectivity index (χ3n) is 4.66. The molecule has 1 N–H and O–H groups in total. The first-order chi connectivity index (χ1) is 11.5. The van der Waals surface area contributed by atoms with Crippen LogP contribution in [0.3, 0.4) is 0 Å². The normalized spacial score (nSPS) is 18.0. The standard InChI is InChI=1S/C18H24N4OS/c1-12-13(2)19-6-4-16(12)8-15-5-7-22(10-15)11-17-9-20-18(24-17)21-14(3)23/h4,6,9,15H,5,7-8,10-11H2,1-3H3,(H,20,21,23). The van der Waals surface area contributed by atoms with Crippen LogP contribution >= 0.6 is 11.3 Å². The number of nitrogens with one attached hydrogen (secondary N) is 1. The third-order valence-corrected chi connectivity index (χ3v) is 5.56. The lowest BCUT2D eigenvalue weighted by atomic mass is 9.95. The van der Waals surface area contributed by atoms with Gasteiger partial charge in [0.15, 0.2) is 5.13 Å². The van der Waals surface area contributed by atoms with Crippen LogP contribution in [0, 0.1) is 19.8 Å². The molecular weight excluding hydrogens is 320 g/mol. The smallest absolute Gasteiger partial charge is 0.223 e. The summed E-state index contributed by atoms with van der Waals surface area (Å²) in [7, 11) is 0. The van der Waals surface area contributed by atoms with Gasteiger partial charge in [0.25, 0.3) is 0 Å². The van der Waals surface area contributed by atoms with Crippen molar-refractivity contribution in [3.63, 3.8) is 0 Å². The number of likely N-dealkylation sites (tertiary alicyclic amines) is 1. The maximum atomic E-state index is 11.1. The molecule has 1 aliphatic rings. The Morgan fingerprint density at radius 2 is 2.25 bits per heavy atom. The summed E-state index contributed by atoms with van der Waals surface area (Å²) in [6.45, 7) is 8.92. The maximum Gasteiger partial charge on any atom is 0.223 e. The van der Waals surface area contributed by atoms with Crippen molar-refractivity contribution in [3.05, 3.63) is 40.2 Å². The SMILES string of the molecule is CC(=O)Nc1ncc(CN2CCC(Cc3ccnc(C)c3C)C2)s1. The van der Waals surface area contributed by atoms with Crippen molar-refractivity contribution in [1.29, 1.82) is 0 Å². The van der Waals surface area contributed by atoms with Gasteiger partial charge in [-0.25, -0.2) is 4.98 Å². The lowest BCUT2D eigenvalue weighted by molar-refractivity contribution is -0.114. The molecule has 3 rings (SSSR count). The second kappa shape index (κ2) is 7.40. The van der Waals surface area contributed by atoms with Gasteiger partial charge in [-0.05, 0) is 56.3 Å². The minimum atomic E-state index is -0.0693. The molecule has 1 atom stereocenters. The summed E-state index contributed by atoms with van der Waals surface area (Å²) in [5, 5.41) is 3.44. The molecule has 0 aromatic carbocycles. The van der Waals surface area contributed by atoms with E-state index in [2.05, 4.69) is 40.1 Å². The first-order valence-corrected chi connectivity index (χ1v) is 9.18. The highest BCUT2D eigenvalue weighted by molar-refractivity contribution is 7.15. The summed E-state index contributed by atoms with van der Waals surface area (Å²) in [6, 6.07) is 2.16. The van der Waals surface area contributed by atoms with E-state index in [-0.39, 0.29) is 5.91 Å². The van der Waals surface area contributed by atoms with Crippen LogP contribution in [-0.2, 0) is 17.8 Å². The monoisotopic (exact) mass is 344 g/mol. The Kier molecular flexibility index (Phi) is 5.26.